The molecule has 2 fully saturated rings. The maximum Gasteiger partial charge on any atom is 0.310 e. The lowest BCUT2D eigenvalue weighted by Crippen LogP contribution is -2.57. The fourth-order valence-corrected chi connectivity index (χ4v) is 3.41. The van der Waals surface area contributed by atoms with E-state index in [0.717, 1.165) is 32.1 Å². The summed E-state index contributed by atoms with van der Waals surface area (Å²) < 4.78 is 5.84. The van der Waals surface area contributed by atoms with Crippen molar-refractivity contribution in [1.29, 1.82) is 0 Å². The molecule has 0 aromatic heterocycles. The van der Waals surface area contributed by atoms with Crippen molar-refractivity contribution in [3.8, 4) is 5.75 Å². The Hall–Kier alpha value is -1.91. The van der Waals surface area contributed by atoms with Gasteiger partial charge in [0.25, 0.3) is 0 Å². The smallest absolute Gasteiger partial charge is 0.310 e. The SMILES string of the molecule is O=C1CC(Oc2ccccc2[N+](=O)[O-])C12CCCCC2. The number of hydrogen-bond acceptors (Lipinski definition) is 4. The van der Waals surface area contributed by atoms with Crippen LogP contribution in [0.4, 0.5) is 5.69 Å². The highest BCUT2D eigenvalue weighted by Crippen LogP contribution is 2.51. The zero-order valence-electron chi connectivity index (χ0n) is 11.2. The van der Waals surface area contributed by atoms with E-state index in [1.165, 1.54) is 6.07 Å². The number of nitrogens with zero attached hydrogens (tertiary/aromatic N) is 1. The van der Waals surface area contributed by atoms with E-state index in [9.17, 15) is 14.9 Å². The highest BCUT2D eigenvalue weighted by molar-refractivity contribution is 5.92. The molecule has 1 aromatic rings. The van der Waals surface area contributed by atoms with Crippen LogP contribution in [0.15, 0.2) is 24.3 Å². The van der Waals surface area contributed by atoms with E-state index in [0.29, 0.717) is 6.42 Å². The summed E-state index contributed by atoms with van der Waals surface area (Å²) in [6.45, 7) is 0. The molecule has 0 bridgehead atoms. The van der Waals surface area contributed by atoms with Crippen molar-refractivity contribution >= 4 is 11.5 Å². The lowest BCUT2D eigenvalue weighted by Gasteiger charge is -2.49. The Labute approximate surface area is 117 Å². The lowest BCUT2D eigenvalue weighted by atomic mass is 9.57. The Morgan fingerprint density at radius 2 is 1.90 bits per heavy atom. The third-order valence-electron chi connectivity index (χ3n) is 4.62. The van der Waals surface area contributed by atoms with Crippen LogP contribution in [0, 0.1) is 15.5 Å². The van der Waals surface area contributed by atoms with E-state index in [4.69, 9.17) is 4.74 Å². The van der Waals surface area contributed by atoms with Gasteiger partial charge in [0.05, 0.1) is 10.3 Å². The zero-order valence-corrected chi connectivity index (χ0v) is 11.2. The maximum absolute atomic E-state index is 12.0. The van der Waals surface area contributed by atoms with Gasteiger partial charge in [-0.3, -0.25) is 14.9 Å². The van der Waals surface area contributed by atoms with Crippen LogP contribution >= 0.6 is 0 Å². The predicted molar refractivity (Wildman–Crippen MR) is 72.7 cm³/mol. The standard InChI is InChI=1S/C15H17NO4/c17-13-10-14(15(13)8-4-1-5-9-15)20-12-7-3-2-6-11(12)16(18)19/h2-3,6-7,14H,1,4-5,8-10H2. The zero-order chi connectivity index (χ0) is 14.2. The Morgan fingerprint density at radius 1 is 1.20 bits per heavy atom. The van der Waals surface area contributed by atoms with Gasteiger partial charge in [-0.05, 0) is 18.9 Å². The number of nitro benzene ring substituents is 1. The molecule has 0 N–H and O–H groups in total. The summed E-state index contributed by atoms with van der Waals surface area (Å²) in [5.74, 6) is 0.542. The Balaban J connectivity index is 1.82. The van der Waals surface area contributed by atoms with Gasteiger partial charge in [0.15, 0.2) is 5.75 Å². The number of benzene rings is 1. The fraction of sp³-hybridized carbons (Fsp3) is 0.533. The summed E-state index contributed by atoms with van der Waals surface area (Å²) in [6, 6.07) is 6.38. The number of rotatable bonds is 3. The second-order valence-electron chi connectivity index (χ2n) is 5.68. The molecule has 5 heteroatoms. The minimum Gasteiger partial charge on any atom is -0.482 e. The van der Waals surface area contributed by atoms with E-state index in [2.05, 4.69) is 0 Å². The second-order valence-corrected chi connectivity index (χ2v) is 5.68. The van der Waals surface area contributed by atoms with Crippen molar-refractivity contribution in [2.75, 3.05) is 0 Å². The van der Waals surface area contributed by atoms with Gasteiger partial charge in [0.2, 0.25) is 0 Å². The van der Waals surface area contributed by atoms with Crippen LogP contribution in [0.25, 0.3) is 0 Å². The molecule has 2 aliphatic carbocycles. The molecule has 1 atom stereocenters. The molecule has 0 radical (unpaired) electrons. The molecule has 3 rings (SSSR count). The van der Waals surface area contributed by atoms with Crippen molar-refractivity contribution in [3.63, 3.8) is 0 Å². The first-order chi connectivity index (χ1) is 9.63. The molecule has 0 saturated heterocycles. The number of nitro groups is 1. The quantitative estimate of drug-likeness (QED) is 0.627. The molecule has 2 aliphatic rings. The normalized spacial score (nSPS) is 24.2. The van der Waals surface area contributed by atoms with Crippen molar-refractivity contribution in [2.24, 2.45) is 5.41 Å². The number of carbonyl (C=O) groups is 1. The Morgan fingerprint density at radius 3 is 2.55 bits per heavy atom. The molecule has 1 unspecified atom stereocenters. The van der Waals surface area contributed by atoms with Gasteiger partial charge < -0.3 is 4.74 Å². The predicted octanol–water partition coefficient (Wildman–Crippen LogP) is 3.27. The summed E-state index contributed by atoms with van der Waals surface area (Å²) in [6.07, 6.45) is 5.15. The van der Waals surface area contributed by atoms with Crippen LogP contribution < -0.4 is 4.74 Å². The summed E-state index contributed by atoms with van der Waals surface area (Å²) >= 11 is 0. The number of ketones is 1. The minimum atomic E-state index is -0.441. The number of hydrogen-bond donors (Lipinski definition) is 0. The molecule has 5 nitrogen and oxygen atoms in total. The van der Waals surface area contributed by atoms with Gasteiger partial charge in [-0.25, -0.2) is 0 Å². The first-order valence-corrected chi connectivity index (χ1v) is 7.07. The molecule has 1 aromatic carbocycles. The lowest BCUT2D eigenvalue weighted by molar-refractivity contribution is -0.386. The molecular weight excluding hydrogens is 258 g/mol. The summed E-state index contributed by atoms with van der Waals surface area (Å²) in [7, 11) is 0. The molecule has 2 saturated carbocycles. The van der Waals surface area contributed by atoms with Gasteiger partial charge in [0.1, 0.15) is 11.9 Å². The molecular formula is C15H17NO4. The van der Waals surface area contributed by atoms with Crippen molar-refractivity contribution in [3.05, 3.63) is 34.4 Å². The first kappa shape index (κ1) is 13.1. The van der Waals surface area contributed by atoms with E-state index in [-0.39, 0.29) is 28.7 Å². The largest absolute Gasteiger partial charge is 0.482 e. The summed E-state index contributed by atoms with van der Waals surface area (Å²) in [5.41, 5.74) is -0.403. The minimum absolute atomic E-state index is 0.0298. The molecule has 106 valence electrons. The third-order valence-corrected chi connectivity index (χ3v) is 4.62. The molecule has 0 aliphatic heterocycles. The van der Waals surface area contributed by atoms with Gasteiger partial charge >= 0.3 is 5.69 Å². The van der Waals surface area contributed by atoms with Crippen LogP contribution in [-0.2, 0) is 4.79 Å². The fourth-order valence-electron chi connectivity index (χ4n) is 3.41. The van der Waals surface area contributed by atoms with E-state index in [1.807, 2.05) is 0 Å². The molecule has 1 spiro atoms. The molecule has 0 amide bonds. The van der Waals surface area contributed by atoms with Crippen molar-refractivity contribution in [2.45, 2.75) is 44.6 Å². The van der Waals surface area contributed by atoms with E-state index in [1.54, 1.807) is 18.2 Å². The maximum atomic E-state index is 12.0. The highest BCUT2D eigenvalue weighted by atomic mass is 16.6. The first-order valence-electron chi connectivity index (χ1n) is 7.07. The van der Waals surface area contributed by atoms with Crippen molar-refractivity contribution in [1.82, 2.24) is 0 Å². The number of para-hydroxylation sites is 2. The Kier molecular flexibility index (Phi) is 3.20. The van der Waals surface area contributed by atoms with E-state index >= 15 is 0 Å². The number of Topliss-reactive ketones (excluding diaryl/α,β-unsaturated/α-hetero) is 1. The number of ether oxygens (including phenoxy) is 1. The highest BCUT2D eigenvalue weighted by Gasteiger charge is 2.56. The van der Waals surface area contributed by atoms with Crippen LogP contribution in [0.5, 0.6) is 5.75 Å². The summed E-state index contributed by atoms with van der Waals surface area (Å²) in [5, 5.41) is 11.0. The second kappa shape index (κ2) is 4.89. The van der Waals surface area contributed by atoms with Crippen LogP contribution in [0.3, 0.4) is 0 Å². The summed E-state index contributed by atoms with van der Waals surface area (Å²) in [4.78, 5) is 22.6. The van der Waals surface area contributed by atoms with E-state index < -0.39 is 4.92 Å². The molecule has 20 heavy (non-hydrogen) atoms. The van der Waals surface area contributed by atoms with Crippen LogP contribution in [0.1, 0.15) is 38.5 Å². The monoisotopic (exact) mass is 275 g/mol. The number of carbonyl (C=O) groups excluding carboxylic acids is 1. The van der Waals surface area contributed by atoms with Gasteiger partial charge in [-0.1, -0.05) is 31.4 Å². The average molecular weight is 275 g/mol. The van der Waals surface area contributed by atoms with Gasteiger partial charge in [-0.15, -0.1) is 0 Å². The molecule has 0 heterocycles. The van der Waals surface area contributed by atoms with Crippen molar-refractivity contribution < 1.29 is 14.5 Å². The third kappa shape index (κ3) is 1.97. The van der Waals surface area contributed by atoms with Gasteiger partial charge in [-0.2, -0.15) is 0 Å². The average Bonchev–Trinajstić information content (AvgIpc) is 2.48. The van der Waals surface area contributed by atoms with Crippen LogP contribution in [0.2, 0.25) is 0 Å². The topological polar surface area (TPSA) is 69.4 Å². The van der Waals surface area contributed by atoms with Gasteiger partial charge in [0, 0.05) is 12.5 Å². The van der Waals surface area contributed by atoms with Crippen LogP contribution in [-0.4, -0.2) is 16.8 Å². The Bertz CT molecular complexity index is 549.